The van der Waals surface area contributed by atoms with Crippen LogP contribution < -0.4 is 36.1 Å². The zero-order valence-electron chi connectivity index (χ0n) is 22.6. The Balaban J connectivity index is 1.90. The molecule has 0 spiro atoms. The van der Waals surface area contributed by atoms with Crippen LogP contribution in [0.1, 0.15) is 54.0 Å². The molecule has 3 rings (SSSR count). The van der Waals surface area contributed by atoms with Gasteiger partial charge in [-0.05, 0) is 69.7 Å². The molecule has 6 N–H and O–H groups in total. The maximum Gasteiger partial charge on any atom is 0.275 e. The first-order chi connectivity index (χ1) is 18.6. The van der Waals surface area contributed by atoms with Gasteiger partial charge in [-0.15, -0.1) is 0 Å². The zero-order valence-corrected chi connectivity index (χ0v) is 22.6. The Bertz CT molecular complexity index is 1330. The van der Waals surface area contributed by atoms with Gasteiger partial charge in [-0.3, -0.25) is 30.8 Å². The summed E-state index contributed by atoms with van der Waals surface area (Å²) in [5.41, 5.74) is 13.0. The number of nitrogens with two attached hydrogens (primary N) is 1. The van der Waals surface area contributed by atoms with Crippen LogP contribution in [0, 0.1) is 12.3 Å². The minimum Gasteiger partial charge on any atom is -0.496 e. The average molecular weight is 535 g/mol. The number of anilines is 1. The number of methoxy groups -OCH3 is 1. The highest BCUT2D eigenvalue weighted by Crippen LogP contribution is 2.33. The number of nitrogen functional groups attached to an aromatic ring is 1. The van der Waals surface area contributed by atoms with Gasteiger partial charge in [0.25, 0.3) is 11.8 Å². The van der Waals surface area contributed by atoms with E-state index in [0.29, 0.717) is 46.4 Å². The van der Waals surface area contributed by atoms with E-state index in [9.17, 15) is 9.59 Å². The summed E-state index contributed by atoms with van der Waals surface area (Å²) in [5, 5.41) is 10.8. The van der Waals surface area contributed by atoms with Crippen molar-refractivity contribution in [3.05, 3.63) is 77.1 Å². The van der Waals surface area contributed by atoms with E-state index in [2.05, 4.69) is 21.2 Å². The van der Waals surface area contributed by atoms with E-state index < -0.39 is 17.9 Å². The third-order valence-electron chi connectivity index (χ3n) is 5.50. The molecule has 0 aliphatic carbocycles. The van der Waals surface area contributed by atoms with E-state index >= 15 is 0 Å². The predicted octanol–water partition coefficient (Wildman–Crippen LogP) is 3.48. The van der Waals surface area contributed by atoms with Crippen molar-refractivity contribution in [1.82, 2.24) is 15.8 Å². The van der Waals surface area contributed by atoms with Gasteiger partial charge < -0.3 is 25.3 Å². The van der Waals surface area contributed by atoms with Crippen LogP contribution in [0.5, 0.6) is 17.2 Å². The maximum atomic E-state index is 13.4. The summed E-state index contributed by atoms with van der Waals surface area (Å²) in [6, 6.07) is 12.6. The van der Waals surface area contributed by atoms with Crippen molar-refractivity contribution in [1.29, 1.82) is 5.41 Å². The van der Waals surface area contributed by atoms with Gasteiger partial charge >= 0.3 is 0 Å². The minimum absolute atomic E-state index is 0.0679. The summed E-state index contributed by atoms with van der Waals surface area (Å²) in [4.78, 5) is 30.4. The van der Waals surface area contributed by atoms with Crippen LogP contribution in [-0.4, -0.2) is 42.5 Å². The van der Waals surface area contributed by atoms with Crippen LogP contribution in [0.2, 0.25) is 0 Å². The van der Waals surface area contributed by atoms with Crippen LogP contribution >= 0.6 is 0 Å². The molecule has 11 heteroatoms. The number of carbonyl (C=O) groups excluding carboxylic acids is 2. The average Bonchev–Trinajstić information content (AvgIpc) is 2.91. The number of benzene rings is 2. The molecule has 0 aliphatic rings. The van der Waals surface area contributed by atoms with Crippen molar-refractivity contribution in [3.8, 4) is 17.2 Å². The fourth-order valence-electron chi connectivity index (χ4n) is 3.67. The second kappa shape index (κ2) is 13.1. The Morgan fingerprint density at radius 1 is 1.03 bits per heavy atom. The number of hydrogen-bond acceptors (Lipinski definition) is 8. The third-order valence-corrected chi connectivity index (χ3v) is 5.50. The van der Waals surface area contributed by atoms with E-state index in [-0.39, 0.29) is 17.5 Å². The molecule has 0 bridgehead atoms. The summed E-state index contributed by atoms with van der Waals surface area (Å²) in [5.74, 6) is 0.159. The molecule has 0 radical (unpaired) electrons. The SMILES string of the molecule is CCOc1cc(C(Nc2ccc(C(=N)N)cc2)C(=O)NNC(=O)c2cnc(C)cc2OC)ccc1OC(C)C. The molecule has 0 saturated carbocycles. The first-order valence-electron chi connectivity index (χ1n) is 12.4. The minimum atomic E-state index is -0.946. The molecule has 39 heavy (non-hydrogen) atoms. The normalized spacial score (nSPS) is 11.3. The molecule has 0 aliphatic heterocycles. The quantitative estimate of drug-likeness (QED) is 0.142. The van der Waals surface area contributed by atoms with Gasteiger partial charge in [0.05, 0.1) is 19.8 Å². The van der Waals surface area contributed by atoms with Gasteiger partial charge in [0.2, 0.25) is 0 Å². The van der Waals surface area contributed by atoms with E-state index in [1.165, 1.54) is 13.3 Å². The van der Waals surface area contributed by atoms with Crippen molar-refractivity contribution in [2.75, 3.05) is 19.0 Å². The number of hydrogen-bond donors (Lipinski definition) is 5. The fourth-order valence-corrected chi connectivity index (χ4v) is 3.67. The van der Waals surface area contributed by atoms with E-state index in [1.54, 1.807) is 55.5 Å². The maximum absolute atomic E-state index is 13.4. The summed E-state index contributed by atoms with van der Waals surface area (Å²) in [6.45, 7) is 7.85. The van der Waals surface area contributed by atoms with Crippen molar-refractivity contribution in [2.24, 2.45) is 5.73 Å². The van der Waals surface area contributed by atoms with Gasteiger partial charge in [0, 0.05) is 29.2 Å². The monoisotopic (exact) mass is 534 g/mol. The van der Waals surface area contributed by atoms with Crippen LogP contribution in [0.25, 0.3) is 0 Å². The number of rotatable bonds is 11. The first-order valence-corrected chi connectivity index (χ1v) is 12.4. The van der Waals surface area contributed by atoms with Gasteiger partial charge in [0.15, 0.2) is 11.5 Å². The topological polar surface area (TPSA) is 161 Å². The molecule has 1 atom stereocenters. The van der Waals surface area contributed by atoms with Crippen molar-refractivity contribution in [3.63, 3.8) is 0 Å². The van der Waals surface area contributed by atoms with Crippen molar-refractivity contribution < 1.29 is 23.8 Å². The van der Waals surface area contributed by atoms with Crippen molar-refractivity contribution >= 4 is 23.3 Å². The van der Waals surface area contributed by atoms with Crippen LogP contribution in [0.4, 0.5) is 5.69 Å². The van der Waals surface area contributed by atoms with Crippen LogP contribution in [0.3, 0.4) is 0 Å². The summed E-state index contributed by atoms with van der Waals surface area (Å²) in [6.07, 6.45) is 1.31. The Kier molecular flexibility index (Phi) is 9.69. The Morgan fingerprint density at radius 3 is 2.36 bits per heavy atom. The Labute approximate surface area is 227 Å². The van der Waals surface area contributed by atoms with Crippen LogP contribution in [-0.2, 0) is 4.79 Å². The molecule has 3 aromatic rings. The highest BCUT2D eigenvalue weighted by molar-refractivity contribution is 5.98. The molecule has 1 heterocycles. The number of hydrazine groups is 1. The second-order valence-corrected chi connectivity index (χ2v) is 8.84. The summed E-state index contributed by atoms with van der Waals surface area (Å²) in [7, 11) is 1.45. The van der Waals surface area contributed by atoms with Gasteiger partial charge in [-0.1, -0.05) is 6.07 Å². The second-order valence-electron chi connectivity index (χ2n) is 8.84. The highest BCUT2D eigenvalue weighted by Gasteiger charge is 2.24. The molecule has 2 aromatic carbocycles. The van der Waals surface area contributed by atoms with E-state index in [4.69, 9.17) is 25.4 Å². The summed E-state index contributed by atoms with van der Waals surface area (Å²) < 4.78 is 16.9. The van der Waals surface area contributed by atoms with E-state index in [0.717, 1.165) is 0 Å². The van der Waals surface area contributed by atoms with Gasteiger partial charge in [0.1, 0.15) is 23.2 Å². The van der Waals surface area contributed by atoms with Crippen molar-refractivity contribution in [2.45, 2.75) is 39.8 Å². The number of carbonyl (C=O) groups is 2. The Morgan fingerprint density at radius 2 is 1.74 bits per heavy atom. The fraction of sp³-hybridized carbons (Fsp3) is 0.286. The summed E-state index contributed by atoms with van der Waals surface area (Å²) >= 11 is 0. The lowest BCUT2D eigenvalue weighted by Crippen LogP contribution is -2.45. The predicted molar refractivity (Wildman–Crippen MR) is 148 cm³/mol. The molecule has 0 saturated heterocycles. The van der Waals surface area contributed by atoms with Gasteiger partial charge in [-0.2, -0.15) is 0 Å². The standard InChI is InChI=1S/C28H34N6O5/c1-6-38-24-14-19(9-12-22(24)39-16(2)3)25(32-20-10-7-18(8-11-20)26(29)30)28(36)34-33-27(35)21-15-31-17(4)13-23(21)37-5/h7-16,25,32H,6H2,1-5H3,(H3,29,30)(H,33,35)(H,34,36). The lowest BCUT2D eigenvalue weighted by Gasteiger charge is -2.22. The smallest absolute Gasteiger partial charge is 0.275 e. The third kappa shape index (κ3) is 7.60. The number of amides is 2. The number of aryl methyl sites for hydroxylation is 1. The molecule has 11 nitrogen and oxygen atoms in total. The Hall–Kier alpha value is -4.80. The number of nitrogens with one attached hydrogen (secondary N) is 4. The lowest BCUT2D eigenvalue weighted by molar-refractivity contribution is -0.122. The first kappa shape index (κ1) is 28.8. The molecular weight excluding hydrogens is 500 g/mol. The number of aromatic nitrogens is 1. The highest BCUT2D eigenvalue weighted by atomic mass is 16.5. The molecule has 1 aromatic heterocycles. The number of amidine groups is 1. The lowest BCUT2D eigenvalue weighted by atomic mass is 10.0. The molecular formula is C28H34N6O5. The largest absolute Gasteiger partial charge is 0.496 e. The number of nitrogens with zero attached hydrogens (tertiary/aromatic N) is 1. The van der Waals surface area contributed by atoms with E-state index in [1.807, 2.05) is 20.8 Å². The molecule has 0 fully saturated rings. The molecule has 206 valence electrons. The molecule has 1 unspecified atom stereocenters. The van der Waals surface area contributed by atoms with Crippen LogP contribution in [0.15, 0.2) is 54.7 Å². The van der Waals surface area contributed by atoms with Gasteiger partial charge in [-0.25, -0.2) is 0 Å². The molecule has 2 amide bonds. The number of ether oxygens (including phenoxy) is 3. The zero-order chi connectivity index (χ0) is 28.5. The number of pyridine rings is 1.